The number of nitrogens with one attached hydrogen (secondary N) is 2. The predicted octanol–water partition coefficient (Wildman–Crippen LogP) is 3.05. The topological polar surface area (TPSA) is 72.7 Å². The van der Waals surface area contributed by atoms with Crippen molar-refractivity contribution < 1.29 is 9.47 Å². The van der Waals surface area contributed by atoms with Crippen molar-refractivity contribution in [3.63, 3.8) is 0 Å². The molecule has 0 fully saturated rings. The molecule has 2 N–H and O–H groups in total. The molecule has 4 rings (SSSR count). The van der Waals surface area contributed by atoms with Crippen LogP contribution in [0.1, 0.15) is 11.1 Å². The summed E-state index contributed by atoms with van der Waals surface area (Å²) in [6.07, 6.45) is 3.69. The zero-order valence-corrected chi connectivity index (χ0v) is 19.2. The van der Waals surface area contributed by atoms with Gasteiger partial charge in [0.1, 0.15) is 12.7 Å². The monoisotopic (exact) mass is 519 g/mol. The number of nitrogens with zero attached hydrogens (tertiary/aromatic N) is 3. The van der Waals surface area contributed by atoms with Crippen LogP contribution in [0.4, 0.5) is 0 Å². The molecule has 0 amide bonds. The van der Waals surface area contributed by atoms with Gasteiger partial charge in [-0.1, -0.05) is 36.4 Å². The van der Waals surface area contributed by atoms with Crippen molar-refractivity contribution in [3.05, 3.63) is 78.1 Å². The van der Waals surface area contributed by atoms with Gasteiger partial charge < -0.3 is 20.1 Å². The Labute approximate surface area is 193 Å². The second kappa shape index (κ2) is 10.9. The number of para-hydroxylation sites is 2. The number of guanidine groups is 1. The molecule has 0 radical (unpaired) electrons. The number of rotatable bonds is 6. The standard InChI is InChI=1S/C22H25N5O2.HI/c1-23-22(25-14-19-16-28-20-8-2-3-9-21(20)29-19)24-13-17-6-4-7-18(12-17)15-27-11-5-10-26-27;/h2-12,19H,13-16H2,1H3,(H2,23,24,25);1H. The number of hydrogen-bond donors (Lipinski definition) is 2. The van der Waals surface area contributed by atoms with Crippen LogP contribution in [0.2, 0.25) is 0 Å². The Morgan fingerprint density at radius 2 is 1.93 bits per heavy atom. The molecule has 2 aromatic carbocycles. The predicted molar refractivity (Wildman–Crippen MR) is 128 cm³/mol. The van der Waals surface area contributed by atoms with Crippen molar-refractivity contribution in [2.45, 2.75) is 19.2 Å². The molecule has 0 saturated heterocycles. The van der Waals surface area contributed by atoms with E-state index < -0.39 is 0 Å². The normalized spacial score (nSPS) is 15.2. The molecular weight excluding hydrogens is 493 g/mol. The van der Waals surface area contributed by atoms with Crippen LogP contribution in [0.5, 0.6) is 11.5 Å². The Morgan fingerprint density at radius 1 is 1.10 bits per heavy atom. The van der Waals surface area contributed by atoms with E-state index in [1.54, 1.807) is 13.2 Å². The van der Waals surface area contributed by atoms with Gasteiger partial charge in [0.2, 0.25) is 0 Å². The van der Waals surface area contributed by atoms with Gasteiger partial charge in [-0.25, -0.2) is 0 Å². The molecule has 0 saturated carbocycles. The fourth-order valence-electron chi connectivity index (χ4n) is 3.20. The van der Waals surface area contributed by atoms with Gasteiger partial charge in [0.05, 0.1) is 13.1 Å². The highest BCUT2D eigenvalue weighted by Gasteiger charge is 2.20. The van der Waals surface area contributed by atoms with Crippen molar-refractivity contribution in [2.75, 3.05) is 20.2 Å². The Kier molecular flexibility index (Phi) is 7.95. The maximum absolute atomic E-state index is 5.98. The smallest absolute Gasteiger partial charge is 0.191 e. The lowest BCUT2D eigenvalue weighted by atomic mass is 10.1. The summed E-state index contributed by atoms with van der Waals surface area (Å²) in [5.41, 5.74) is 2.39. The van der Waals surface area contributed by atoms with Crippen LogP contribution in [0, 0.1) is 0 Å². The van der Waals surface area contributed by atoms with Crippen LogP contribution in [-0.2, 0) is 13.1 Å². The average molecular weight is 519 g/mol. The van der Waals surface area contributed by atoms with E-state index >= 15 is 0 Å². The summed E-state index contributed by atoms with van der Waals surface area (Å²) >= 11 is 0. The Bertz CT molecular complexity index is 962. The number of halogens is 1. The van der Waals surface area contributed by atoms with Gasteiger partial charge in [0.25, 0.3) is 0 Å². The minimum absolute atomic E-state index is 0. The SMILES string of the molecule is CN=C(NCc1cccc(Cn2cccn2)c1)NCC1COc2ccccc2O1.I. The number of fused-ring (bicyclic) bond motifs is 1. The van der Waals surface area contributed by atoms with E-state index in [2.05, 4.69) is 45.0 Å². The first-order valence-corrected chi connectivity index (χ1v) is 9.68. The van der Waals surface area contributed by atoms with E-state index in [0.29, 0.717) is 19.7 Å². The minimum atomic E-state index is -0.0687. The van der Waals surface area contributed by atoms with Crippen molar-refractivity contribution in [3.8, 4) is 11.5 Å². The van der Waals surface area contributed by atoms with Gasteiger partial charge in [0, 0.05) is 26.0 Å². The fraction of sp³-hybridized carbons (Fsp3) is 0.273. The lowest BCUT2D eigenvalue weighted by Crippen LogP contribution is -2.45. The zero-order valence-electron chi connectivity index (χ0n) is 16.8. The number of hydrogen-bond acceptors (Lipinski definition) is 4. The molecule has 1 aromatic heterocycles. The molecule has 7 nitrogen and oxygen atoms in total. The summed E-state index contributed by atoms with van der Waals surface area (Å²) in [5.74, 6) is 2.30. The molecule has 1 aliphatic heterocycles. The van der Waals surface area contributed by atoms with Gasteiger partial charge in [0.15, 0.2) is 17.5 Å². The lowest BCUT2D eigenvalue weighted by molar-refractivity contribution is 0.0936. The second-order valence-electron chi connectivity index (χ2n) is 6.83. The summed E-state index contributed by atoms with van der Waals surface area (Å²) in [4.78, 5) is 4.30. The molecule has 0 spiro atoms. The van der Waals surface area contributed by atoms with Crippen LogP contribution in [0.3, 0.4) is 0 Å². The molecule has 8 heteroatoms. The van der Waals surface area contributed by atoms with Gasteiger partial charge in [-0.05, 0) is 29.3 Å². The molecule has 1 aliphatic rings. The first-order chi connectivity index (χ1) is 14.3. The van der Waals surface area contributed by atoms with Gasteiger partial charge in [-0.2, -0.15) is 5.10 Å². The zero-order chi connectivity index (χ0) is 19.9. The van der Waals surface area contributed by atoms with Gasteiger partial charge in [-0.3, -0.25) is 9.67 Å². The maximum atomic E-state index is 5.98. The highest BCUT2D eigenvalue weighted by atomic mass is 127. The van der Waals surface area contributed by atoms with Crippen LogP contribution in [-0.4, -0.2) is 42.0 Å². The second-order valence-corrected chi connectivity index (χ2v) is 6.83. The first-order valence-electron chi connectivity index (χ1n) is 9.68. The molecule has 1 unspecified atom stereocenters. The Morgan fingerprint density at radius 3 is 2.73 bits per heavy atom. The number of benzene rings is 2. The van der Waals surface area contributed by atoms with Gasteiger partial charge >= 0.3 is 0 Å². The molecule has 158 valence electrons. The Balaban J connectivity index is 0.00000256. The summed E-state index contributed by atoms with van der Waals surface area (Å²) in [6.45, 7) is 2.55. The van der Waals surface area contributed by atoms with Crippen LogP contribution in [0.15, 0.2) is 72.0 Å². The molecule has 30 heavy (non-hydrogen) atoms. The molecule has 3 aromatic rings. The number of aromatic nitrogens is 2. The van der Waals surface area contributed by atoms with Gasteiger partial charge in [-0.15, -0.1) is 24.0 Å². The fourth-order valence-corrected chi connectivity index (χ4v) is 3.20. The van der Waals surface area contributed by atoms with Crippen LogP contribution >= 0.6 is 24.0 Å². The molecular formula is C22H26IN5O2. The van der Waals surface area contributed by atoms with E-state index in [0.717, 1.165) is 24.0 Å². The summed E-state index contributed by atoms with van der Waals surface area (Å²) in [6, 6.07) is 18.1. The minimum Gasteiger partial charge on any atom is -0.486 e. The van der Waals surface area contributed by atoms with E-state index in [4.69, 9.17) is 9.47 Å². The third-order valence-corrected chi connectivity index (χ3v) is 4.64. The molecule has 0 bridgehead atoms. The lowest BCUT2D eigenvalue weighted by Gasteiger charge is -2.27. The van der Waals surface area contributed by atoms with E-state index in [1.807, 2.05) is 41.2 Å². The third-order valence-electron chi connectivity index (χ3n) is 4.64. The Hall–Kier alpha value is -2.75. The number of aliphatic imine (C=N–C) groups is 1. The number of ether oxygens (including phenoxy) is 2. The largest absolute Gasteiger partial charge is 0.486 e. The first kappa shape index (κ1) is 21.9. The molecule has 0 aliphatic carbocycles. The van der Waals surface area contributed by atoms with Crippen molar-refractivity contribution >= 4 is 29.9 Å². The van der Waals surface area contributed by atoms with Crippen molar-refractivity contribution in [1.29, 1.82) is 0 Å². The van der Waals surface area contributed by atoms with E-state index in [1.165, 1.54) is 11.1 Å². The summed E-state index contributed by atoms with van der Waals surface area (Å²) in [7, 11) is 1.76. The highest BCUT2D eigenvalue weighted by molar-refractivity contribution is 14.0. The average Bonchev–Trinajstić information content (AvgIpc) is 3.27. The van der Waals surface area contributed by atoms with Crippen molar-refractivity contribution in [2.24, 2.45) is 4.99 Å². The third kappa shape index (κ3) is 5.88. The highest BCUT2D eigenvalue weighted by Crippen LogP contribution is 2.30. The summed E-state index contributed by atoms with van der Waals surface area (Å²) < 4.78 is 13.6. The maximum Gasteiger partial charge on any atom is 0.191 e. The quantitative estimate of drug-likeness (QED) is 0.298. The molecule has 2 heterocycles. The van der Waals surface area contributed by atoms with E-state index in [-0.39, 0.29) is 30.1 Å². The van der Waals surface area contributed by atoms with Crippen molar-refractivity contribution in [1.82, 2.24) is 20.4 Å². The summed E-state index contributed by atoms with van der Waals surface area (Å²) in [5, 5.41) is 10.9. The van der Waals surface area contributed by atoms with Crippen LogP contribution in [0.25, 0.3) is 0 Å². The van der Waals surface area contributed by atoms with E-state index in [9.17, 15) is 0 Å². The van der Waals surface area contributed by atoms with Crippen LogP contribution < -0.4 is 20.1 Å². The molecule has 1 atom stereocenters.